The number of esters is 1. The van der Waals surface area contributed by atoms with Crippen LogP contribution in [-0.2, 0) is 14.3 Å². The van der Waals surface area contributed by atoms with Crippen molar-refractivity contribution in [1.29, 1.82) is 0 Å². The monoisotopic (exact) mass is 471 g/mol. The van der Waals surface area contributed by atoms with E-state index in [2.05, 4.69) is 0 Å². The van der Waals surface area contributed by atoms with E-state index in [1.54, 1.807) is 35.2 Å². The van der Waals surface area contributed by atoms with Gasteiger partial charge in [-0.05, 0) is 35.9 Å². The van der Waals surface area contributed by atoms with Crippen molar-refractivity contribution in [2.75, 3.05) is 24.7 Å². The summed E-state index contributed by atoms with van der Waals surface area (Å²) in [5.74, 6) is -0.159. The van der Waals surface area contributed by atoms with Gasteiger partial charge in [-0.25, -0.2) is 9.59 Å². The molecule has 5 rings (SSSR count). The molecule has 35 heavy (non-hydrogen) atoms. The van der Waals surface area contributed by atoms with Gasteiger partial charge >= 0.3 is 11.6 Å². The number of benzene rings is 3. The van der Waals surface area contributed by atoms with Gasteiger partial charge in [0, 0.05) is 17.5 Å². The molecule has 8 nitrogen and oxygen atoms in total. The molecule has 1 aliphatic heterocycles. The minimum Gasteiger partial charge on any atom is -0.489 e. The quantitative estimate of drug-likeness (QED) is 0.311. The lowest BCUT2D eigenvalue weighted by atomic mass is 10.0. The van der Waals surface area contributed by atoms with Gasteiger partial charge in [0.1, 0.15) is 23.7 Å². The van der Waals surface area contributed by atoms with Crippen LogP contribution in [0, 0.1) is 0 Å². The van der Waals surface area contributed by atoms with E-state index in [0.717, 1.165) is 10.9 Å². The number of nitrogens with zero attached hydrogens (tertiary/aromatic N) is 1. The smallest absolute Gasteiger partial charge is 0.344 e. The fourth-order valence-electron chi connectivity index (χ4n) is 3.94. The number of fused-ring (bicyclic) bond motifs is 2. The Morgan fingerprint density at radius 2 is 1.69 bits per heavy atom. The number of ether oxygens (including phenoxy) is 3. The number of rotatable bonds is 6. The highest BCUT2D eigenvalue weighted by Crippen LogP contribution is 2.39. The summed E-state index contributed by atoms with van der Waals surface area (Å²) in [5.41, 5.74) is 1.39. The molecule has 0 radical (unpaired) electrons. The molecule has 1 atom stereocenters. The number of hydrogen-bond donors (Lipinski definition) is 0. The standard InChI is InChI=1S/C27H21NO7/c29-25(16-34-27(31)17-32-20-12-10-19-11-13-26(30)35-24(19)14-20)28-21-8-4-5-9-23(21)33-15-22(28)18-6-2-1-3-7-18/h1-14,22H,15-17H2/t22-/m1/s1. The van der Waals surface area contributed by atoms with Crippen molar-refractivity contribution in [2.24, 2.45) is 0 Å². The summed E-state index contributed by atoms with van der Waals surface area (Å²) in [6, 6.07) is 24.3. The SMILES string of the molecule is O=C(COc1ccc2ccc(=O)oc2c1)OCC(=O)N1c2ccccc2OC[C@@H]1c1ccccc1. The maximum absolute atomic E-state index is 13.2. The number of para-hydroxylation sites is 2. The molecule has 8 heteroatoms. The fraction of sp³-hybridized carbons (Fsp3) is 0.148. The van der Waals surface area contributed by atoms with Gasteiger partial charge < -0.3 is 18.6 Å². The molecular formula is C27H21NO7. The number of amides is 1. The first kappa shape index (κ1) is 22.2. The van der Waals surface area contributed by atoms with Crippen molar-refractivity contribution in [1.82, 2.24) is 0 Å². The molecule has 2 heterocycles. The van der Waals surface area contributed by atoms with Crippen LogP contribution >= 0.6 is 0 Å². The Balaban J connectivity index is 1.25. The van der Waals surface area contributed by atoms with E-state index in [-0.39, 0.29) is 18.6 Å². The van der Waals surface area contributed by atoms with Crippen LogP contribution < -0.4 is 20.0 Å². The zero-order valence-electron chi connectivity index (χ0n) is 18.6. The molecule has 4 aromatic rings. The molecule has 176 valence electrons. The van der Waals surface area contributed by atoms with Crippen LogP contribution in [-0.4, -0.2) is 31.7 Å². The Labute approximate surface area is 200 Å². The average Bonchev–Trinajstić information content (AvgIpc) is 2.90. The molecule has 1 aliphatic rings. The molecule has 0 aliphatic carbocycles. The number of carbonyl (C=O) groups is 2. The van der Waals surface area contributed by atoms with Gasteiger partial charge in [0.05, 0.1) is 11.7 Å². The molecule has 1 amide bonds. The Kier molecular flexibility index (Phi) is 6.17. The lowest BCUT2D eigenvalue weighted by Crippen LogP contribution is -2.43. The first-order valence-corrected chi connectivity index (χ1v) is 11.0. The number of hydrogen-bond acceptors (Lipinski definition) is 7. The van der Waals surface area contributed by atoms with Crippen molar-refractivity contribution in [3.05, 3.63) is 101 Å². The summed E-state index contributed by atoms with van der Waals surface area (Å²) >= 11 is 0. The zero-order chi connectivity index (χ0) is 24.2. The molecule has 0 saturated heterocycles. The summed E-state index contributed by atoms with van der Waals surface area (Å²) in [7, 11) is 0. The third kappa shape index (κ3) is 4.86. The van der Waals surface area contributed by atoms with E-state index in [4.69, 9.17) is 18.6 Å². The van der Waals surface area contributed by atoms with Crippen LogP contribution in [0.25, 0.3) is 11.0 Å². The van der Waals surface area contributed by atoms with Gasteiger partial charge in [-0.3, -0.25) is 9.69 Å². The van der Waals surface area contributed by atoms with Crippen LogP contribution in [0.5, 0.6) is 11.5 Å². The first-order chi connectivity index (χ1) is 17.1. The minimum atomic E-state index is -0.703. The third-order valence-corrected chi connectivity index (χ3v) is 5.59. The highest BCUT2D eigenvalue weighted by atomic mass is 16.6. The fourth-order valence-corrected chi connectivity index (χ4v) is 3.94. The predicted octanol–water partition coefficient (Wildman–Crippen LogP) is 3.88. The Morgan fingerprint density at radius 1 is 0.914 bits per heavy atom. The van der Waals surface area contributed by atoms with Gasteiger partial charge in [-0.2, -0.15) is 0 Å². The summed E-state index contributed by atoms with van der Waals surface area (Å²) in [6.45, 7) is -0.577. The second-order valence-electron chi connectivity index (χ2n) is 7.87. The van der Waals surface area contributed by atoms with E-state index < -0.39 is 24.8 Å². The van der Waals surface area contributed by atoms with E-state index >= 15 is 0 Å². The highest BCUT2D eigenvalue weighted by molar-refractivity contribution is 5.97. The second kappa shape index (κ2) is 9.72. The maximum Gasteiger partial charge on any atom is 0.344 e. The average molecular weight is 471 g/mol. The molecule has 0 unspecified atom stereocenters. The molecular weight excluding hydrogens is 450 g/mol. The largest absolute Gasteiger partial charge is 0.489 e. The molecule has 0 saturated carbocycles. The van der Waals surface area contributed by atoms with Crippen molar-refractivity contribution >= 4 is 28.5 Å². The minimum absolute atomic E-state index is 0.280. The van der Waals surface area contributed by atoms with Gasteiger partial charge in [0.2, 0.25) is 0 Å². The maximum atomic E-state index is 13.2. The van der Waals surface area contributed by atoms with Crippen LogP contribution in [0.2, 0.25) is 0 Å². The second-order valence-corrected chi connectivity index (χ2v) is 7.87. The topological polar surface area (TPSA) is 95.3 Å². The lowest BCUT2D eigenvalue weighted by molar-refractivity contribution is -0.150. The van der Waals surface area contributed by atoms with Crippen molar-refractivity contribution in [2.45, 2.75) is 6.04 Å². The van der Waals surface area contributed by atoms with E-state index in [1.807, 2.05) is 42.5 Å². The summed E-state index contributed by atoms with van der Waals surface area (Å²) in [6.07, 6.45) is 0. The van der Waals surface area contributed by atoms with Crippen LogP contribution in [0.1, 0.15) is 11.6 Å². The van der Waals surface area contributed by atoms with Crippen LogP contribution in [0.4, 0.5) is 5.69 Å². The molecule has 0 bridgehead atoms. The summed E-state index contributed by atoms with van der Waals surface area (Å²) in [5, 5.41) is 0.726. The number of carbonyl (C=O) groups excluding carboxylic acids is 2. The highest BCUT2D eigenvalue weighted by Gasteiger charge is 2.33. The van der Waals surface area contributed by atoms with Crippen molar-refractivity contribution < 1.29 is 28.2 Å². The normalized spacial score (nSPS) is 14.6. The van der Waals surface area contributed by atoms with Crippen molar-refractivity contribution in [3.8, 4) is 11.5 Å². The Morgan fingerprint density at radius 3 is 2.54 bits per heavy atom. The molecule has 0 N–H and O–H groups in total. The molecule has 1 aromatic heterocycles. The van der Waals surface area contributed by atoms with Gasteiger partial charge in [0.15, 0.2) is 13.2 Å². The molecule has 0 fully saturated rings. The van der Waals surface area contributed by atoms with Gasteiger partial charge in [-0.1, -0.05) is 42.5 Å². The van der Waals surface area contributed by atoms with E-state index in [1.165, 1.54) is 12.1 Å². The van der Waals surface area contributed by atoms with Crippen molar-refractivity contribution in [3.63, 3.8) is 0 Å². The lowest BCUT2D eigenvalue weighted by Gasteiger charge is -2.37. The summed E-state index contributed by atoms with van der Waals surface area (Å²) < 4.78 is 21.7. The number of anilines is 1. The Bertz CT molecular complexity index is 1430. The van der Waals surface area contributed by atoms with Crippen LogP contribution in [0.3, 0.4) is 0 Å². The molecule has 0 spiro atoms. The molecule has 3 aromatic carbocycles. The predicted molar refractivity (Wildman–Crippen MR) is 128 cm³/mol. The van der Waals surface area contributed by atoms with Gasteiger partial charge in [-0.15, -0.1) is 0 Å². The zero-order valence-corrected chi connectivity index (χ0v) is 18.6. The van der Waals surface area contributed by atoms with Crippen LogP contribution in [0.15, 0.2) is 94.1 Å². The van der Waals surface area contributed by atoms with E-state index in [9.17, 15) is 14.4 Å². The first-order valence-electron chi connectivity index (χ1n) is 11.0. The summed E-state index contributed by atoms with van der Waals surface area (Å²) in [4.78, 5) is 38.5. The van der Waals surface area contributed by atoms with Gasteiger partial charge in [0.25, 0.3) is 5.91 Å². The van der Waals surface area contributed by atoms with E-state index in [0.29, 0.717) is 22.8 Å². The third-order valence-electron chi connectivity index (χ3n) is 5.59. The Hall–Kier alpha value is -4.59.